The molecule has 0 atom stereocenters. The second kappa shape index (κ2) is 5.61. The Morgan fingerprint density at radius 3 is 2.95 bits per heavy atom. The molecule has 0 radical (unpaired) electrons. The second-order valence-electron chi connectivity index (χ2n) is 5.46. The topological polar surface area (TPSA) is 65.1 Å². The Balaban J connectivity index is 1.75. The monoisotopic (exact) mass is 274 g/mol. The van der Waals surface area contributed by atoms with Crippen molar-refractivity contribution in [2.75, 3.05) is 0 Å². The van der Waals surface area contributed by atoms with Crippen LogP contribution in [0.15, 0.2) is 27.5 Å². The first-order valence-corrected chi connectivity index (χ1v) is 7.25. The summed E-state index contributed by atoms with van der Waals surface area (Å²) in [7, 11) is 0. The summed E-state index contributed by atoms with van der Waals surface area (Å²) in [6, 6.07) is 3.33. The summed E-state index contributed by atoms with van der Waals surface area (Å²) < 4.78 is 6.10. The number of oxazole rings is 1. The highest BCUT2D eigenvalue weighted by atomic mass is 16.4. The highest BCUT2D eigenvalue weighted by molar-refractivity contribution is 5.87. The van der Waals surface area contributed by atoms with E-state index in [0.29, 0.717) is 23.6 Å². The molecule has 0 amide bonds. The molecule has 106 valence electrons. The molecule has 0 N–H and O–H groups in total. The van der Waals surface area contributed by atoms with E-state index in [4.69, 9.17) is 4.42 Å². The Hall–Kier alpha value is -1.91. The molecule has 0 aliphatic heterocycles. The molecule has 2 aromatic rings. The third kappa shape index (κ3) is 2.53. The van der Waals surface area contributed by atoms with Crippen LogP contribution in [0.4, 0.5) is 0 Å². The van der Waals surface area contributed by atoms with Gasteiger partial charge in [0.1, 0.15) is 0 Å². The lowest BCUT2D eigenvalue weighted by Crippen LogP contribution is -2.23. The van der Waals surface area contributed by atoms with Crippen molar-refractivity contribution in [3.8, 4) is 0 Å². The number of fused-ring (bicyclic) bond motifs is 1. The third-order valence-corrected chi connectivity index (χ3v) is 4.08. The summed E-state index contributed by atoms with van der Waals surface area (Å²) in [5.41, 5.74) is 0.690. The van der Waals surface area contributed by atoms with Gasteiger partial charge < -0.3 is 4.42 Å². The van der Waals surface area contributed by atoms with E-state index >= 15 is 0 Å². The molecule has 20 heavy (non-hydrogen) atoms. The zero-order valence-electron chi connectivity index (χ0n) is 11.4. The minimum absolute atomic E-state index is 0.210. The molecule has 5 heteroatoms. The van der Waals surface area contributed by atoms with Crippen molar-refractivity contribution in [1.29, 1.82) is 0 Å². The fourth-order valence-corrected chi connectivity index (χ4v) is 2.99. The molecule has 1 fully saturated rings. The molecule has 2 aromatic heterocycles. The summed E-state index contributed by atoms with van der Waals surface area (Å²) in [5, 5.41) is 0. The lowest BCUT2D eigenvalue weighted by Gasteiger charge is -2.20. The molecule has 0 unspecified atom stereocenters. The summed E-state index contributed by atoms with van der Waals surface area (Å²) in [5.74, 6) is -0.222. The maximum atomic E-state index is 12.2. The smallest absolute Gasteiger partial charge is 0.406 e. The molecule has 2 heterocycles. The van der Waals surface area contributed by atoms with E-state index in [1.54, 1.807) is 18.3 Å². The van der Waals surface area contributed by atoms with E-state index < -0.39 is 5.76 Å². The van der Waals surface area contributed by atoms with Crippen LogP contribution in [0.2, 0.25) is 0 Å². The van der Waals surface area contributed by atoms with Crippen LogP contribution in [0.5, 0.6) is 0 Å². The maximum absolute atomic E-state index is 12.2. The molecular formula is C15H18N2O3. The van der Waals surface area contributed by atoms with Crippen LogP contribution in [0.1, 0.15) is 49.7 Å². The largest absolute Gasteiger partial charge is 0.428 e. The van der Waals surface area contributed by atoms with Crippen molar-refractivity contribution in [3.63, 3.8) is 0 Å². The van der Waals surface area contributed by atoms with Gasteiger partial charge in [-0.05, 0) is 24.5 Å². The van der Waals surface area contributed by atoms with Gasteiger partial charge in [0.25, 0.3) is 0 Å². The van der Waals surface area contributed by atoms with Crippen molar-refractivity contribution < 1.29 is 9.21 Å². The number of carbonyl (C=O) groups excluding carboxylic acids is 1. The normalized spacial score (nSPS) is 16.6. The second-order valence-corrected chi connectivity index (χ2v) is 5.46. The Morgan fingerprint density at radius 2 is 2.15 bits per heavy atom. The van der Waals surface area contributed by atoms with Crippen LogP contribution in [-0.2, 0) is 0 Å². The molecular weight excluding hydrogens is 256 g/mol. The zero-order chi connectivity index (χ0) is 13.9. The number of rotatable bonds is 3. The Bertz CT molecular complexity index is 665. The van der Waals surface area contributed by atoms with Crippen LogP contribution in [0.3, 0.4) is 0 Å². The number of aromatic nitrogens is 2. The first-order chi connectivity index (χ1) is 9.75. The molecule has 0 aromatic carbocycles. The molecule has 0 saturated heterocycles. The first kappa shape index (κ1) is 13.1. The predicted octanol–water partition coefficient (Wildman–Crippen LogP) is 2.99. The molecule has 1 aliphatic carbocycles. The fourth-order valence-electron chi connectivity index (χ4n) is 2.99. The van der Waals surface area contributed by atoms with E-state index in [1.807, 2.05) is 0 Å². The molecule has 3 rings (SSSR count). The van der Waals surface area contributed by atoms with Gasteiger partial charge in [-0.3, -0.25) is 4.79 Å². The molecule has 0 spiro atoms. The summed E-state index contributed by atoms with van der Waals surface area (Å²) in [6.07, 6.45) is 9.02. The van der Waals surface area contributed by atoms with Gasteiger partial charge >= 0.3 is 5.76 Å². The average molecular weight is 274 g/mol. The van der Waals surface area contributed by atoms with Crippen molar-refractivity contribution in [1.82, 2.24) is 9.55 Å². The third-order valence-electron chi connectivity index (χ3n) is 4.08. The summed E-state index contributed by atoms with van der Waals surface area (Å²) >= 11 is 0. The van der Waals surface area contributed by atoms with Gasteiger partial charge in [0.05, 0.1) is 0 Å². The van der Waals surface area contributed by atoms with E-state index in [9.17, 15) is 9.59 Å². The highest BCUT2D eigenvalue weighted by Crippen LogP contribution is 2.27. The highest BCUT2D eigenvalue weighted by Gasteiger charge is 2.19. The van der Waals surface area contributed by atoms with Crippen LogP contribution >= 0.6 is 0 Å². The fraction of sp³-hybridized carbons (Fsp3) is 0.533. The van der Waals surface area contributed by atoms with Crippen molar-refractivity contribution in [2.45, 2.75) is 44.9 Å². The number of hydrogen-bond donors (Lipinski definition) is 0. The zero-order valence-corrected chi connectivity index (χ0v) is 11.4. The van der Waals surface area contributed by atoms with E-state index in [1.165, 1.54) is 32.1 Å². The minimum Gasteiger partial charge on any atom is -0.406 e. The van der Waals surface area contributed by atoms with E-state index in [2.05, 4.69) is 4.98 Å². The Morgan fingerprint density at radius 1 is 1.35 bits per heavy atom. The lowest BCUT2D eigenvalue weighted by atomic mass is 9.86. The van der Waals surface area contributed by atoms with Crippen LogP contribution in [-0.4, -0.2) is 15.5 Å². The maximum Gasteiger partial charge on any atom is 0.428 e. The van der Waals surface area contributed by atoms with Gasteiger partial charge in [0.2, 0.25) is 5.91 Å². The van der Waals surface area contributed by atoms with E-state index in [-0.39, 0.29) is 5.91 Å². The number of nitrogens with zero attached hydrogens (tertiary/aromatic N) is 2. The van der Waals surface area contributed by atoms with Gasteiger partial charge in [0.15, 0.2) is 11.2 Å². The van der Waals surface area contributed by atoms with Crippen molar-refractivity contribution in [3.05, 3.63) is 28.9 Å². The van der Waals surface area contributed by atoms with Crippen LogP contribution in [0.25, 0.3) is 11.2 Å². The molecule has 5 nitrogen and oxygen atoms in total. The van der Waals surface area contributed by atoms with E-state index in [0.717, 1.165) is 11.0 Å². The van der Waals surface area contributed by atoms with Gasteiger partial charge in [-0.25, -0.2) is 9.78 Å². The number of pyridine rings is 1. The predicted molar refractivity (Wildman–Crippen MR) is 74.7 cm³/mol. The number of hydrogen-bond acceptors (Lipinski definition) is 4. The SMILES string of the molecule is O=C(CCC1CCCCC1)n1c(=O)oc2cccnc21. The quantitative estimate of drug-likeness (QED) is 0.863. The Labute approximate surface area is 116 Å². The summed E-state index contributed by atoms with van der Waals surface area (Å²) in [4.78, 5) is 28.1. The van der Waals surface area contributed by atoms with Crippen LogP contribution in [0, 0.1) is 5.92 Å². The standard InChI is InChI=1S/C15H18N2O3/c18-13(9-8-11-5-2-1-3-6-11)17-14-12(20-15(17)19)7-4-10-16-14/h4,7,10-11H,1-3,5-6,8-9H2. The van der Waals surface area contributed by atoms with Gasteiger partial charge in [-0.1, -0.05) is 32.1 Å². The van der Waals surface area contributed by atoms with Crippen molar-refractivity contribution >= 4 is 17.1 Å². The minimum atomic E-state index is -0.632. The lowest BCUT2D eigenvalue weighted by molar-refractivity contribution is 0.0885. The first-order valence-electron chi connectivity index (χ1n) is 7.25. The van der Waals surface area contributed by atoms with Crippen LogP contribution < -0.4 is 5.76 Å². The molecule has 1 saturated carbocycles. The van der Waals surface area contributed by atoms with Gasteiger partial charge in [0, 0.05) is 12.6 Å². The van der Waals surface area contributed by atoms with Gasteiger partial charge in [-0.2, -0.15) is 4.57 Å². The van der Waals surface area contributed by atoms with Crippen molar-refractivity contribution in [2.24, 2.45) is 5.92 Å². The molecule has 0 bridgehead atoms. The summed E-state index contributed by atoms with van der Waals surface area (Å²) in [6.45, 7) is 0. The molecule has 1 aliphatic rings. The number of carbonyl (C=O) groups is 1. The average Bonchev–Trinajstić information content (AvgIpc) is 2.82. The Kier molecular flexibility index (Phi) is 3.67. The van der Waals surface area contributed by atoms with Gasteiger partial charge in [-0.15, -0.1) is 0 Å².